The number of aromatic nitrogens is 5. The summed E-state index contributed by atoms with van der Waals surface area (Å²) in [4.78, 5) is 24.7. The third-order valence-electron chi connectivity index (χ3n) is 7.53. The fourth-order valence-electron chi connectivity index (χ4n) is 5.50. The summed E-state index contributed by atoms with van der Waals surface area (Å²) >= 11 is 0. The van der Waals surface area contributed by atoms with Crippen molar-refractivity contribution in [3.63, 3.8) is 0 Å². The Morgan fingerprint density at radius 1 is 1.05 bits per heavy atom. The number of likely N-dealkylation sites (tertiary alicyclic amines) is 1. The first-order chi connectivity index (χ1) is 18.4. The van der Waals surface area contributed by atoms with Gasteiger partial charge < -0.3 is 9.64 Å². The normalized spacial score (nSPS) is 16.2. The van der Waals surface area contributed by atoms with Gasteiger partial charge in [-0.05, 0) is 56.3 Å². The van der Waals surface area contributed by atoms with Gasteiger partial charge in [0.05, 0.1) is 40.5 Å². The Hall–Kier alpha value is -4.42. The molecule has 0 radical (unpaired) electrons. The Morgan fingerprint density at radius 2 is 1.82 bits per heavy atom. The molecule has 0 unspecified atom stereocenters. The van der Waals surface area contributed by atoms with Crippen LogP contribution < -0.4 is 10.4 Å². The molecule has 0 bridgehead atoms. The minimum absolute atomic E-state index is 0.0781. The minimum atomic E-state index is -0.0781. The Morgan fingerprint density at radius 3 is 2.58 bits per heavy atom. The quantitative estimate of drug-likeness (QED) is 0.359. The van der Waals surface area contributed by atoms with Crippen LogP contribution in [0.5, 0.6) is 6.01 Å². The molecule has 1 atom stereocenters. The number of piperidine rings is 1. The molecule has 0 spiro atoms. The van der Waals surface area contributed by atoms with Gasteiger partial charge >= 0.3 is 11.7 Å². The van der Waals surface area contributed by atoms with Gasteiger partial charge in [-0.15, -0.1) is 0 Å². The molecule has 4 heterocycles. The molecule has 192 valence electrons. The van der Waals surface area contributed by atoms with E-state index in [1.165, 1.54) is 6.42 Å². The number of nitriles is 1. The Balaban J connectivity index is 1.52. The molecule has 1 saturated heterocycles. The van der Waals surface area contributed by atoms with Crippen LogP contribution in [-0.4, -0.2) is 55.1 Å². The van der Waals surface area contributed by atoms with Gasteiger partial charge in [0, 0.05) is 44.5 Å². The van der Waals surface area contributed by atoms with E-state index in [0.29, 0.717) is 29.8 Å². The van der Waals surface area contributed by atoms with E-state index in [1.807, 2.05) is 40.9 Å². The number of fused-ring (bicyclic) bond motifs is 2. The maximum Gasteiger partial charge on any atom is 0.328 e. The highest BCUT2D eigenvalue weighted by molar-refractivity contribution is 5.94. The first kappa shape index (κ1) is 23.9. The summed E-state index contributed by atoms with van der Waals surface area (Å²) in [6.45, 7) is 2.70. The van der Waals surface area contributed by atoms with Gasteiger partial charge in [0.25, 0.3) is 0 Å². The lowest BCUT2D eigenvalue weighted by Gasteiger charge is -2.29. The number of aryl methyl sites for hydroxylation is 2. The third-order valence-corrected chi connectivity index (χ3v) is 7.53. The van der Waals surface area contributed by atoms with Crippen LogP contribution in [-0.2, 0) is 14.1 Å². The molecular formula is C29H29N7O2. The molecule has 2 aromatic carbocycles. The molecule has 5 aromatic rings. The second-order valence-electron chi connectivity index (χ2n) is 10.1. The average Bonchev–Trinajstić information content (AvgIpc) is 3.51. The van der Waals surface area contributed by atoms with Crippen LogP contribution in [0.4, 0.5) is 0 Å². The number of benzene rings is 2. The zero-order valence-electron chi connectivity index (χ0n) is 21.8. The molecular weight excluding hydrogens is 478 g/mol. The molecule has 6 rings (SSSR count). The topological polar surface area (TPSA) is 93.4 Å². The second-order valence-corrected chi connectivity index (χ2v) is 10.1. The smallest absolute Gasteiger partial charge is 0.328 e. The molecule has 9 nitrogen and oxygen atoms in total. The van der Waals surface area contributed by atoms with Crippen molar-refractivity contribution in [1.29, 1.82) is 5.26 Å². The van der Waals surface area contributed by atoms with Crippen molar-refractivity contribution in [3.05, 3.63) is 70.9 Å². The van der Waals surface area contributed by atoms with Gasteiger partial charge in [-0.3, -0.25) is 13.5 Å². The molecule has 0 saturated carbocycles. The van der Waals surface area contributed by atoms with E-state index in [-0.39, 0.29) is 5.69 Å². The van der Waals surface area contributed by atoms with Crippen LogP contribution >= 0.6 is 0 Å². The van der Waals surface area contributed by atoms with Crippen molar-refractivity contribution < 1.29 is 4.74 Å². The molecule has 1 aliphatic heterocycles. The zero-order valence-corrected chi connectivity index (χ0v) is 21.8. The Kier molecular flexibility index (Phi) is 5.97. The molecule has 1 fully saturated rings. The first-order valence-corrected chi connectivity index (χ1v) is 12.8. The lowest BCUT2D eigenvalue weighted by Crippen LogP contribution is -2.35. The number of hydrogen-bond acceptors (Lipinski definition) is 6. The van der Waals surface area contributed by atoms with E-state index in [1.54, 1.807) is 41.6 Å². The molecule has 1 aliphatic rings. The highest BCUT2D eigenvalue weighted by Crippen LogP contribution is 2.37. The highest BCUT2D eigenvalue weighted by Gasteiger charge is 2.23. The van der Waals surface area contributed by atoms with Gasteiger partial charge in [-0.25, -0.2) is 9.78 Å². The zero-order chi connectivity index (χ0) is 26.4. The van der Waals surface area contributed by atoms with Gasteiger partial charge in [-0.2, -0.15) is 10.2 Å². The maximum absolute atomic E-state index is 12.6. The van der Waals surface area contributed by atoms with Crippen LogP contribution in [0.2, 0.25) is 0 Å². The summed E-state index contributed by atoms with van der Waals surface area (Å²) in [7, 11) is 5.70. The lowest BCUT2D eigenvalue weighted by atomic mass is 9.99. The molecule has 0 aliphatic carbocycles. The predicted octanol–water partition coefficient (Wildman–Crippen LogP) is 3.85. The summed E-state index contributed by atoms with van der Waals surface area (Å²) in [5.41, 5.74) is 6.19. The van der Waals surface area contributed by atoms with Gasteiger partial charge in [0.15, 0.2) is 5.65 Å². The van der Waals surface area contributed by atoms with Crippen molar-refractivity contribution in [1.82, 2.24) is 28.4 Å². The predicted molar refractivity (Wildman–Crippen MR) is 146 cm³/mol. The van der Waals surface area contributed by atoms with Crippen LogP contribution in [0, 0.1) is 17.2 Å². The van der Waals surface area contributed by atoms with E-state index < -0.39 is 0 Å². The van der Waals surface area contributed by atoms with Crippen LogP contribution in [0.3, 0.4) is 0 Å². The van der Waals surface area contributed by atoms with Crippen molar-refractivity contribution in [2.75, 3.05) is 26.7 Å². The van der Waals surface area contributed by atoms with Crippen LogP contribution in [0.1, 0.15) is 18.4 Å². The van der Waals surface area contributed by atoms with Gasteiger partial charge in [-0.1, -0.05) is 18.2 Å². The second kappa shape index (κ2) is 9.47. The van der Waals surface area contributed by atoms with E-state index in [0.717, 1.165) is 52.9 Å². The Bertz CT molecular complexity index is 1750. The van der Waals surface area contributed by atoms with Gasteiger partial charge in [0.1, 0.15) is 0 Å². The molecule has 3 aromatic heterocycles. The number of hydrogen-bond donors (Lipinski definition) is 0. The first-order valence-electron chi connectivity index (χ1n) is 12.8. The monoisotopic (exact) mass is 507 g/mol. The van der Waals surface area contributed by atoms with E-state index in [9.17, 15) is 10.1 Å². The number of nitrogens with zero attached hydrogens (tertiary/aromatic N) is 7. The Labute approximate surface area is 220 Å². The lowest BCUT2D eigenvalue weighted by molar-refractivity contribution is 0.143. The summed E-state index contributed by atoms with van der Waals surface area (Å²) in [6, 6.07) is 16.0. The largest absolute Gasteiger partial charge is 0.464 e. The van der Waals surface area contributed by atoms with Crippen LogP contribution in [0.25, 0.3) is 39.1 Å². The summed E-state index contributed by atoms with van der Waals surface area (Å²) in [5, 5.41) is 9.32. The fraction of sp³-hybridized carbons (Fsp3) is 0.310. The molecule has 0 N–H and O–H groups in total. The standard InChI is InChI=1S/C29H29N7O2/c1-33-13-4-5-20(17-33)18-38-28-32-26(21-8-6-19(16-30)7-9-21)25(27-31-12-14-36(27)28)22-10-11-23-24(15-22)35(3)29(37)34(23)2/h6-12,14-15,20H,4-5,13,17-18H2,1-3H3/t20-/m1/s1. The minimum Gasteiger partial charge on any atom is -0.464 e. The van der Waals surface area contributed by atoms with Crippen molar-refractivity contribution in [3.8, 4) is 34.5 Å². The highest BCUT2D eigenvalue weighted by atomic mass is 16.5. The van der Waals surface area contributed by atoms with E-state index in [2.05, 4.69) is 18.0 Å². The molecule has 38 heavy (non-hydrogen) atoms. The number of imidazole rings is 2. The number of ether oxygens (including phenoxy) is 1. The van der Waals surface area contributed by atoms with Crippen molar-refractivity contribution in [2.24, 2.45) is 20.0 Å². The maximum atomic E-state index is 12.6. The van der Waals surface area contributed by atoms with E-state index in [4.69, 9.17) is 14.7 Å². The SMILES string of the molecule is CN1CCC[C@@H](COc2nc(-c3ccc(C#N)cc3)c(-c3ccc4c(c3)n(C)c(=O)n4C)c3nccn23)C1. The molecule has 0 amide bonds. The van der Waals surface area contributed by atoms with E-state index >= 15 is 0 Å². The van der Waals surface area contributed by atoms with Crippen molar-refractivity contribution >= 4 is 16.7 Å². The number of rotatable bonds is 5. The summed E-state index contributed by atoms with van der Waals surface area (Å²) in [6.07, 6.45) is 5.92. The summed E-state index contributed by atoms with van der Waals surface area (Å²) in [5.74, 6) is 0.439. The van der Waals surface area contributed by atoms with Gasteiger partial charge in [0.2, 0.25) is 0 Å². The fourth-order valence-corrected chi connectivity index (χ4v) is 5.50. The average molecular weight is 508 g/mol. The van der Waals surface area contributed by atoms with Crippen molar-refractivity contribution in [2.45, 2.75) is 12.8 Å². The summed E-state index contributed by atoms with van der Waals surface area (Å²) < 4.78 is 11.5. The molecule has 9 heteroatoms. The van der Waals surface area contributed by atoms with Crippen LogP contribution in [0.15, 0.2) is 59.7 Å². The third kappa shape index (κ3) is 4.03.